The van der Waals surface area contributed by atoms with E-state index in [9.17, 15) is 13.2 Å². The number of carbonyl (C=O) groups is 1. The summed E-state index contributed by atoms with van der Waals surface area (Å²) in [6, 6.07) is 13.5. The van der Waals surface area contributed by atoms with E-state index >= 15 is 0 Å². The summed E-state index contributed by atoms with van der Waals surface area (Å²) < 4.78 is 27.5. The maximum Gasteiger partial charge on any atom is 0.261 e. The highest BCUT2D eigenvalue weighted by molar-refractivity contribution is 7.92. The van der Waals surface area contributed by atoms with E-state index < -0.39 is 10.0 Å². The SMILES string of the molecule is CC(=O)Nc1ccc(NS(=O)(=O)c2ccc(CCC(C)C)cc2)cc1. The van der Waals surface area contributed by atoms with Gasteiger partial charge in [0, 0.05) is 18.3 Å². The summed E-state index contributed by atoms with van der Waals surface area (Å²) in [5.41, 5.74) is 2.19. The van der Waals surface area contributed by atoms with Crippen LogP contribution in [0.4, 0.5) is 11.4 Å². The van der Waals surface area contributed by atoms with E-state index in [2.05, 4.69) is 23.9 Å². The van der Waals surface area contributed by atoms with Gasteiger partial charge < -0.3 is 5.32 Å². The van der Waals surface area contributed by atoms with E-state index in [0.29, 0.717) is 17.3 Å². The molecule has 0 aliphatic rings. The molecule has 2 aromatic rings. The van der Waals surface area contributed by atoms with Crippen LogP contribution in [0.2, 0.25) is 0 Å². The Bertz CT molecular complexity index is 811. The highest BCUT2D eigenvalue weighted by atomic mass is 32.2. The number of hydrogen-bond donors (Lipinski definition) is 2. The zero-order valence-electron chi connectivity index (χ0n) is 14.7. The number of carbonyl (C=O) groups excluding carboxylic acids is 1. The molecule has 0 aromatic heterocycles. The van der Waals surface area contributed by atoms with Crippen molar-refractivity contribution in [2.24, 2.45) is 5.92 Å². The smallest absolute Gasteiger partial charge is 0.261 e. The van der Waals surface area contributed by atoms with Gasteiger partial charge in [0.15, 0.2) is 0 Å². The van der Waals surface area contributed by atoms with Gasteiger partial charge in [-0.3, -0.25) is 9.52 Å². The molecule has 0 aliphatic carbocycles. The summed E-state index contributed by atoms with van der Waals surface area (Å²) >= 11 is 0. The van der Waals surface area contributed by atoms with Gasteiger partial charge >= 0.3 is 0 Å². The highest BCUT2D eigenvalue weighted by Crippen LogP contribution is 2.19. The van der Waals surface area contributed by atoms with Gasteiger partial charge in [-0.2, -0.15) is 0 Å². The van der Waals surface area contributed by atoms with Gasteiger partial charge in [-0.1, -0.05) is 26.0 Å². The zero-order chi connectivity index (χ0) is 18.4. The zero-order valence-corrected chi connectivity index (χ0v) is 15.6. The lowest BCUT2D eigenvalue weighted by Gasteiger charge is -2.10. The second-order valence-electron chi connectivity index (χ2n) is 6.44. The molecule has 6 heteroatoms. The topological polar surface area (TPSA) is 75.3 Å². The Kier molecular flexibility index (Phi) is 6.20. The molecule has 5 nitrogen and oxygen atoms in total. The van der Waals surface area contributed by atoms with Crippen molar-refractivity contribution in [1.29, 1.82) is 0 Å². The number of nitrogens with one attached hydrogen (secondary N) is 2. The van der Waals surface area contributed by atoms with Gasteiger partial charge in [-0.05, 0) is 60.7 Å². The summed E-state index contributed by atoms with van der Waals surface area (Å²) in [7, 11) is -3.63. The van der Waals surface area contributed by atoms with E-state index in [1.54, 1.807) is 36.4 Å². The molecule has 2 rings (SSSR count). The molecule has 0 atom stereocenters. The van der Waals surface area contributed by atoms with Crippen molar-refractivity contribution in [3.8, 4) is 0 Å². The summed E-state index contributed by atoms with van der Waals surface area (Å²) in [6.07, 6.45) is 2.01. The van der Waals surface area contributed by atoms with Crippen molar-refractivity contribution < 1.29 is 13.2 Å². The predicted molar refractivity (Wildman–Crippen MR) is 101 cm³/mol. The number of sulfonamides is 1. The molecule has 0 saturated carbocycles. The minimum atomic E-state index is -3.63. The standard InChI is InChI=1S/C19H24N2O3S/c1-14(2)4-5-16-6-12-19(13-7-16)25(23,24)21-18-10-8-17(9-11-18)20-15(3)22/h6-14,21H,4-5H2,1-3H3,(H,20,22). The lowest BCUT2D eigenvalue weighted by Crippen LogP contribution is -2.13. The molecule has 2 N–H and O–H groups in total. The monoisotopic (exact) mass is 360 g/mol. The van der Waals surface area contributed by atoms with Gasteiger partial charge in [0.05, 0.1) is 4.90 Å². The van der Waals surface area contributed by atoms with Crippen LogP contribution in [-0.2, 0) is 21.2 Å². The van der Waals surface area contributed by atoms with Crippen LogP contribution in [0.25, 0.3) is 0 Å². The molecule has 25 heavy (non-hydrogen) atoms. The Hall–Kier alpha value is -2.34. The number of rotatable bonds is 7. The third-order valence-electron chi connectivity index (χ3n) is 3.70. The number of aryl methyl sites for hydroxylation is 1. The van der Waals surface area contributed by atoms with Crippen LogP contribution >= 0.6 is 0 Å². The van der Waals surface area contributed by atoms with E-state index in [1.807, 2.05) is 12.1 Å². The van der Waals surface area contributed by atoms with Crippen LogP contribution in [-0.4, -0.2) is 14.3 Å². The average Bonchev–Trinajstić information content (AvgIpc) is 2.54. The van der Waals surface area contributed by atoms with E-state index in [-0.39, 0.29) is 10.8 Å². The van der Waals surface area contributed by atoms with E-state index in [4.69, 9.17) is 0 Å². The molecular formula is C19H24N2O3S. The van der Waals surface area contributed by atoms with Crippen molar-refractivity contribution in [3.63, 3.8) is 0 Å². The van der Waals surface area contributed by atoms with Crippen molar-refractivity contribution in [2.45, 2.75) is 38.5 Å². The lowest BCUT2D eigenvalue weighted by molar-refractivity contribution is -0.114. The van der Waals surface area contributed by atoms with Gasteiger partial charge in [0.2, 0.25) is 5.91 Å². The Morgan fingerprint density at radius 3 is 2.04 bits per heavy atom. The van der Waals surface area contributed by atoms with E-state index in [0.717, 1.165) is 18.4 Å². The Balaban J connectivity index is 2.06. The third-order valence-corrected chi connectivity index (χ3v) is 5.10. The first-order chi connectivity index (χ1) is 11.8. The minimum absolute atomic E-state index is 0.175. The van der Waals surface area contributed by atoms with Crippen molar-refractivity contribution in [2.75, 3.05) is 10.0 Å². The van der Waals surface area contributed by atoms with Crippen molar-refractivity contribution in [1.82, 2.24) is 0 Å². The van der Waals surface area contributed by atoms with Gasteiger partial charge in [0.1, 0.15) is 0 Å². The van der Waals surface area contributed by atoms with E-state index in [1.165, 1.54) is 6.92 Å². The van der Waals surface area contributed by atoms with Crippen LogP contribution in [0.1, 0.15) is 32.8 Å². The van der Waals surface area contributed by atoms with Crippen LogP contribution in [0, 0.1) is 5.92 Å². The highest BCUT2D eigenvalue weighted by Gasteiger charge is 2.14. The largest absolute Gasteiger partial charge is 0.326 e. The second kappa shape index (κ2) is 8.16. The fraction of sp³-hybridized carbons (Fsp3) is 0.316. The molecule has 0 heterocycles. The van der Waals surface area contributed by atoms with Crippen LogP contribution in [0.3, 0.4) is 0 Å². The van der Waals surface area contributed by atoms with Crippen LogP contribution < -0.4 is 10.0 Å². The maximum atomic E-state index is 12.5. The summed E-state index contributed by atoms with van der Waals surface area (Å²) in [6.45, 7) is 5.75. The molecule has 0 radical (unpaired) electrons. The first-order valence-corrected chi connectivity index (χ1v) is 9.74. The van der Waals surface area contributed by atoms with Crippen LogP contribution in [0.15, 0.2) is 53.4 Å². The fourth-order valence-electron chi connectivity index (χ4n) is 2.33. The molecule has 2 aromatic carbocycles. The number of hydrogen-bond acceptors (Lipinski definition) is 3. The Labute approximate surface area is 149 Å². The van der Waals surface area contributed by atoms with Gasteiger partial charge in [-0.25, -0.2) is 8.42 Å². The fourth-order valence-corrected chi connectivity index (χ4v) is 3.39. The molecule has 0 spiro atoms. The predicted octanol–water partition coefficient (Wildman–Crippen LogP) is 4.03. The van der Waals surface area contributed by atoms with Crippen LogP contribution in [0.5, 0.6) is 0 Å². The third kappa shape index (κ3) is 5.90. The summed E-state index contributed by atoms with van der Waals surface area (Å²) in [5, 5.41) is 2.64. The molecule has 0 saturated heterocycles. The molecular weight excluding hydrogens is 336 g/mol. The van der Waals surface area contributed by atoms with Gasteiger partial charge in [0.25, 0.3) is 10.0 Å². The normalized spacial score (nSPS) is 11.4. The molecule has 0 fully saturated rings. The maximum absolute atomic E-state index is 12.5. The first kappa shape index (κ1) is 19.0. The first-order valence-electron chi connectivity index (χ1n) is 8.25. The van der Waals surface area contributed by atoms with Crippen molar-refractivity contribution in [3.05, 3.63) is 54.1 Å². The molecule has 0 aliphatic heterocycles. The average molecular weight is 360 g/mol. The van der Waals surface area contributed by atoms with Gasteiger partial charge in [-0.15, -0.1) is 0 Å². The Morgan fingerprint density at radius 1 is 0.960 bits per heavy atom. The minimum Gasteiger partial charge on any atom is -0.326 e. The number of anilines is 2. The summed E-state index contributed by atoms with van der Waals surface area (Å²) in [5.74, 6) is 0.441. The Morgan fingerprint density at radius 2 is 1.52 bits per heavy atom. The second-order valence-corrected chi connectivity index (χ2v) is 8.12. The quantitative estimate of drug-likeness (QED) is 0.782. The lowest BCUT2D eigenvalue weighted by atomic mass is 10.0. The summed E-state index contributed by atoms with van der Waals surface area (Å²) in [4.78, 5) is 11.2. The molecule has 1 amide bonds. The molecule has 0 unspecified atom stereocenters. The van der Waals surface area contributed by atoms with Crippen molar-refractivity contribution >= 4 is 27.3 Å². The molecule has 134 valence electrons. The number of amides is 1. The number of benzene rings is 2. The molecule has 0 bridgehead atoms.